The number of benzene rings is 2. The molecule has 0 fully saturated rings. The van der Waals surface area contributed by atoms with E-state index in [1.54, 1.807) is 0 Å². The van der Waals surface area contributed by atoms with Crippen LogP contribution in [0.2, 0.25) is 0 Å². The normalized spacial score (nSPS) is 11.5. The first-order valence-electron chi connectivity index (χ1n) is 8.43. The molecule has 2 aromatic carbocycles. The molecule has 132 valence electrons. The number of carbonyl (C=O) groups excluding carboxylic acids is 1. The molecule has 0 radical (unpaired) electrons. The fraction of sp³-hybridized carbons (Fsp3) is 0.286. The third kappa shape index (κ3) is 5.68. The number of amides is 1. The van der Waals surface area contributed by atoms with Crippen LogP contribution in [0.25, 0.3) is 0 Å². The molecule has 2 aromatic rings. The molecule has 2 rings (SSSR count). The van der Waals surface area contributed by atoms with Crippen LogP contribution >= 0.6 is 0 Å². The van der Waals surface area contributed by atoms with Crippen molar-refractivity contribution in [3.8, 4) is 5.75 Å². The molecule has 0 saturated heterocycles. The number of nitrogens with zero attached hydrogens (tertiary/aromatic N) is 1. The molecule has 0 saturated carbocycles. The van der Waals surface area contributed by atoms with E-state index >= 15 is 0 Å². The van der Waals surface area contributed by atoms with E-state index in [9.17, 15) is 4.79 Å². The second-order valence-electron chi connectivity index (χ2n) is 6.28. The summed E-state index contributed by atoms with van der Waals surface area (Å²) < 4.78 is 5.81. The van der Waals surface area contributed by atoms with Crippen molar-refractivity contribution in [1.29, 1.82) is 0 Å². The lowest BCUT2D eigenvalue weighted by atomic mass is 10.2. The Morgan fingerprint density at radius 3 is 2.32 bits per heavy atom. The average Bonchev–Trinajstić information content (AvgIpc) is 2.61. The van der Waals surface area contributed by atoms with Gasteiger partial charge in [-0.15, -0.1) is 0 Å². The molecule has 4 nitrogen and oxygen atoms in total. The molecule has 1 amide bonds. The van der Waals surface area contributed by atoms with Gasteiger partial charge in [-0.1, -0.05) is 42.0 Å². The summed E-state index contributed by atoms with van der Waals surface area (Å²) in [5.41, 5.74) is 8.76. The topological polar surface area (TPSA) is 55.6 Å². The number of carbonyl (C=O) groups is 1. The van der Waals surface area contributed by atoms with Crippen LogP contribution < -0.4 is 15.4 Å². The molecule has 0 aliphatic heterocycles. The lowest BCUT2D eigenvalue weighted by Gasteiger charge is -2.28. The number of primary amides is 1. The number of rotatable bonds is 8. The molecular formula is C21H26N2O2. The fourth-order valence-electron chi connectivity index (χ4n) is 2.40. The van der Waals surface area contributed by atoms with Crippen molar-refractivity contribution in [2.45, 2.75) is 33.4 Å². The van der Waals surface area contributed by atoms with Crippen molar-refractivity contribution in [3.05, 3.63) is 71.8 Å². The summed E-state index contributed by atoms with van der Waals surface area (Å²) in [7, 11) is 0. The minimum absolute atomic E-state index is 0.341. The lowest BCUT2D eigenvalue weighted by Crippen LogP contribution is -2.43. The highest BCUT2D eigenvalue weighted by Gasteiger charge is 2.18. The number of anilines is 1. The van der Waals surface area contributed by atoms with Crippen LogP contribution in [0.4, 0.5) is 5.69 Å². The predicted octanol–water partition coefficient (Wildman–Crippen LogP) is 3.91. The van der Waals surface area contributed by atoms with E-state index in [0.29, 0.717) is 13.2 Å². The van der Waals surface area contributed by atoms with E-state index < -0.39 is 0 Å². The van der Waals surface area contributed by atoms with Gasteiger partial charge in [-0.2, -0.15) is 0 Å². The number of ether oxygens (including phenoxy) is 1. The van der Waals surface area contributed by atoms with Crippen LogP contribution in [0.15, 0.2) is 66.2 Å². The van der Waals surface area contributed by atoms with Gasteiger partial charge in [0, 0.05) is 12.2 Å². The maximum atomic E-state index is 11.6. The Bertz CT molecular complexity index is 704. The van der Waals surface area contributed by atoms with Gasteiger partial charge < -0.3 is 15.4 Å². The molecule has 4 heteroatoms. The Labute approximate surface area is 149 Å². The molecule has 0 aliphatic carbocycles. The monoisotopic (exact) mass is 338 g/mol. The van der Waals surface area contributed by atoms with Gasteiger partial charge in [0.2, 0.25) is 5.91 Å². The van der Waals surface area contributed by atoms with Gasteiger partial charge in [0.05, 0.1) is 0 Å². The molecular weight excluding hydrogens is 312 g/mol. The van der Waals surface area contributed by atoms with Crippen LogP contribution in [-0.4, -0.2) is 18.5 Å². The van der Waals surface area contributed by atoms with Gasteiger partial charge in [0.15, 0.2) is 0 Å². The molecule has 0 heterocycles. The minimum Gasteiger partial charge on any atom is -0.489 e. The minimum atomic E-state index is -0.383. The van der Waals surface area contributed by atoms with Gasteiger partial charge in [-0.25, -0.2) is 0 Å². The van der Waals surface area contributed by atoms with E-state index in [2.05, 4.69) is 6.08 Å². The number of allylic oxidation sites excluding steroid dienone is 1. The van der Waals surface area contributed by atoms with Crippen LogP contribution in [0.1, 0.15) is 26.3 Å². The van der Waals surface area contributed by atoms with Crippen molar-refractivity contribution in [2.75, 3.05) is 11.4 Å². The first-order valence-corrected chi connectivity index (χ1v) is 8.43. The van der Waals surface area contributed by atoms with Crippen molar-refractivity contribution in [2.24, 2.45) is 5.73 Å². The summed E-state index contributed by atoms with van der Waals surface area (Å²) in [4.78, 5) is 13.6. The van der Waals surface area contributed by atoms with Crippen molar-refractivity contribution in [1.82, 2.24) is 0 Å². The van der Waals surface area contributed by atoms with Gasteiger partial charge in [-0.3, -0.25) is 4.79 Å². The van der Waals surface area contributed by atoms with Gasteiger partial charge >= 0.3 is 0 Å². The zero-order chi connectivity index (χ0) is 18.2. The van der Waals surface area contributed by atoms with Gasteiger partial charge in [-0.05, 0) is 50.6 Å². The first kappa shape index (κ1) is 18.6. The number of hydrogen-bond acceptors (Lipinski definition) is 3. The summed E-state index contributed by atoms with van der Waals surface area (Å²) >= 11 is 0. The summed E-state index contributed by atoms with van der Waals surface area (Å²) in [6.07, 6.45) is 2.08. The second kappa shape index (κ2) is 8.92. The quantitative estimate of drug-likeness (QED) is 0.742. The van der Waals surface area contributed by atoms with E-state index in [-0.39, 0.29) is 11.9 Å². The van der Waals surface area contributed by atoms with Crippen LogP contribution in [-0.2, 0) is 11.4 Å². The van der Waals surface area contributed by atoms with E-state index in [1.165, 1.54) is 5.57 Å². The Balaban J connectivity index is 2.08. The molecule has 1 atom stereocenters. The third-order valence-corrected chi connectivity index (χ3v) is 3.99. The first-order chi connectivity index (χ1) is 12.0. The molecule has 0 aliphatic rings. The lowest BCUT2D eigenvalue weighted by molar-refractivity contribution is -0.118. The highest BCUT2D eigenvalue weighted by molar-refractivity contribution is 5.83. The van der Waals surface area contributed by atoms with Crippen LogP contribution in [0.5, 0.6) is 5.75 Å². The Kier molecular flexibility index (Phi) is 6.63. The van der Waals surface area contributed by atoms with Crippen LogP contribution in [0, 0.1) is 0 Å². The number of hydrogen-bond donors (Lipinski definition) is 1. The predicted molar refractivity (Wildman–Crippen MR) is 103 cm³/mol. The SMILES string of the molecule is CC(C)=CCN(c1ccc(OCc2ccccc2)cc1)C(C)C(N)=O. The Morgan fingerprint density at radius 2 is 1.76 bits per heavy atom. The molecule has 25 heavy (non-hydrogen) atoms. The highest BCUT2D eigenvalue weighted by atomic mass is 16.5. The van der Waals surface area contributed by atoms with E-state index in [0.717, 1.165) is 17.0 Å². The molecule has 1 unspecified atom stereocenters. The summed E-state index contributed by atoms with van der Waals surface area (Å²) in [5, 5.41) is 0. The highest BCUT2D eigenvalue weighted by Crippen LogP contribution is 2.22. The largest absolute Gasteiger partial charge is 0.489 e. The Hall–Kier alpha value is -2.75. The van der Waals surface area contributed by atoms with Crippen molar-refractivity contribution >= 4 is 11.6 Å². The average molecular weight is 338 g/mol. The van der Waals surface area contributed by atoms with E-state index in [1.807, 2.05) is 80.3 Å². The second-order valence-corrected chi connectivity index (χ2v) is 6.28. The fourth-order valence-corrected chi connectivity index (χ4v) is 2.40. The van der Waals surface area contributed by atoms with E-state index in [4.69, 9.17) is 10.5 Å². The van der Waals surface area contributed by atoms with Gasteiger partial charge in [0.1, 0.15) is 18.4 Å². The third-order valence-electron chi connectivity index (χ3n) is 3.99. The molecule has 0 spiro atoms. The zero-order valence-electron chi connectivity index (χ0n) is 15.1. The standard InChI is InChI=1S/C21H26N2O2/c1-16(2)13-14-23(17(3)21(22)24)19-9-11-20(12-10-19)25-15-18-7-5-4-6-8-18/h4-13,17H,14-15H2,1-3H3,(H2,22,24). The van der Waals surface area contributed by atoms with Crippen molar-refractivity contribution in [3.63, 3.8) is 0 Å². The molecule has 2 N–H and O–H groups in total. The summed E-state index contributed by atoms with van der Waals surface area (Å²) in [6.45, 7) is 7.05. The maximum absolute atomic E-state index is 11.6. The van der Waals surface area contributed by atoms with Crippen molar-refractivity contribution < 1.29 is 9.53 Å². The molecule has 0 bridgehead atoms. The number of nitrogens with two attached hydrogens (primary N) is 1. The molecule has 0 aromatic heterocycles. The smallest absolute Gasteiger partial charge is 0.239 e. The maximum Gasteiger partial charge on any atom is 0.239 e. The van der Waals surface area contributed by atoms with Gasteiger partial charge in [0.25, 0.3) is 0 Å². The summed E-state index contributed by atoms with van der Waals surface area (Å²) in [5.74, 6) is 0.452. The zero-order valence-corrected chi connectivity index (χ0v) is 15.1. The Morgan fingerprint density at radius 1 is 1.12 bits per heavy atom. The summed E-state index contributed by atoms with van der Waals surface area (Å²) in [6, 6.07) is 17.4. The van der Waals surface area contributed by atoms with Crippen LogP contribution in [0.3, 0.4) is 0 Å².